The molecule has 2 rings (SSSR count). The van der Waals surface area contributed by atoms with Crippen molar-refractivity contribution < 1.29 is 5.11 Å². The van der Waals surface area contributed by atoms with Crippen molar-refractivity contribution in [3.8, 4) is 5.75 Å². The highest BCUT2D eigenvalue weighted by Crippen LogP contribution is 2.29. The van der Waals surface area contributed by atoms with Crippen LogP contribution in [-0.4, -0.2) is 11.1 Å². The minimum absolute atomic E-state index is 0.231. The molecule has 2 nitrogen and oxygen atoms in total. The molecule has 0 bridgehead atoms. The lowest BCUT2D eigenvalue weighted by Crippen LogP contribution is -2.34. The molecule has 2 N–H and O–H groups in total. The summed E-state index contributed by atoms with van der Waals surface area (Å²) in [6.07, 6.45) is 6.57. The first-order valence-corrected chi connectivity index (χ1v) is 7.24. The van der Waals surface area contributed by atoms with Crippen LogP contribution in [0.15, 0.2) is 24.3 Å². The minimum atomic E-state index is 0.231. The number of phenolic OH excluding ortho intramolecular Hbond substituents is 1. The molecule has 18 heavy (non-hydrogen) atoms. The number of aromatic hydroxyl groups is 1. The van der Waals surface area contributed by atoms with E-state index in [1.54, 1.807) is 6.07 Å². The molecule has 1 aromatic carbocycles. The Morgan fingerprint density at radius 2 is 1.89 bits per heavy atom. The van der Waals surface area contributed by atoms with Crippen LogP contribution in [0.3, 0.4) is 0 Å². The second-order valence-electron chi connectivity index (χ2n) is 5.57. The van der Waals surface area contributed by atoms with Gasteiger partial charge in [-0.05, 0) is 44.6 Å². The van der Waals surface area contributed by atoms with Crippen molar-refractivity contribution in [3.63, 3.8) is 0 Å². The molecule has 0 heterocycles. The predicted molar refractivity (Wildman–Crippen MR) is 75.7 cm³/mol. The molecule has 0 aromatic heterocycles. The van der Waals surface area contributed by atoms with E-state index in [-0.39, 0.29) is 6.04 Å². The molecule has 1 unspecified atom stereocenters. The minimum Gasteiger partial charge on any atom is -0.508 e. The Morgan fingerprint density at radius 1 is 1.22 bits per heavy atom. The highest BCUT2D eigenvalue weighted by atomic mass is 16.3. The van der Waals surface area contributed by atoms with Crippen molar-refractivity contribution in [3.05, 3.63) is 29.8 Å². The third kappa shape index (κ3) is 3.26. The fraction of sp³-hybridized carbons (Fsp3) is 0.625. The van der Waals surface area contributed by atoms with Gasteiger partial charge in [0.05, 0.1) is 0 Å². The van der Waals surface area contributed by atoms with Gasteiger partial charge in [0.2, 0.25) is 0 Å². The summed E-state index contributed by atoms with van der Waals surface area (Å²) in [7, 11) is 0. The number of benzene rings is 1. The molecule has 1 fully saturated rings. The number of para-hydroxylation sites is 1. The van der Waals surface area contributed by atoms with Gasteiger partial charge in [-0.3, -0.25) is 0 Å². The normalized spacial score (nSPS) is 25.9. The van der Waals surface area contributed by atoms with E-state index in [0.717, 1.165) is 11.5 Å². The summed E-state index contributed by atoms with van der Waals surface area (Å²) in [5.41, 5.74) is 1.01. The van der Waals surface area contributed by atoms with E-state index in [9.17, 15) is 5.11 Å². The number of phenols is 1. The lowest BCUT2D eigenvalue weighted by Gasteiger charge is -2.31. The van der Waals surface area contributed by atoms with Crippen molar-refractivity contribution in [1.82, 2.24) is 5.32 Å². The van der Waals surface area contributed by atoms with Crippen LogP contribution < -0.4 is 5.32 Å². The number of nitrogens with one attached hydrogen (secondary N) is 1. The zero-order valence-corrected chi connectivity index (χ0v) is 11.5. The zero-order chi connectivity index (χ0) is 13.0. The van der Waals surface area contributed by atoms with E-state index in [0.29, 0.717) is 11.8 Å². The zero-order valence-electron chi connectivity index (χ0n) is 11.5. The van der Waals surface area contributed by atoms with Crippen molar-refractivity contribution in [2.24, 2.45) is 5.92 Å². The van der Waals surface area contributed by atoms with E-state index < -0.39 is 0 Å². The van der Waals surface area contributed by atoms with Crippen molar-refractivity contribution in [2.45, 2.75) is 58.0 Å². The maximum absolute atomic E-state index is 9.85. The van der Waals surface area contributed by atoms with Crippen LogP contribution in [0.4, 0.5) is 0 Å². The van der Waals surface area contributed by atoms with Gasteiger partial charge in [-0.15, -0.1) is 0 Å². The number of rotatable bonds is 4. The van der Waals surface area contributed by atoms with E-state index >= 15 is 0 Å². The van der Waals surface area contributed by atoms with Crippen LogP contribution in [0.2, 0.25) is 0 Å². The Kier molecular flexibility index (Phi) is 4.65. The first-order chi connectivity index (χ1) is 8.70. The van der Waals surface area contributed by atoms with E-state index in [1.807, 2.05) is 18.2 Å². The summed E-state index contributed by atoms with van der Waals surface area (Å²) in [6.45, 7) is 4.43. The van der Waals surface area contributed by atoms with Crippen LogP contribution in [0, 0.1) is 5.92 Å². The molecule has 1 aliphatic carbocycles. The third-order valence-corrected chi connectivity index (χ3v) is 4.31. The van der Waals surface area contributed by atoms with Crippen LogP contribution in [-0.2, 0) is 0 Å². The molecule has 0 spiro atoms. The molecule has 100 valence electrons. The van der Waals surface area contributed by atoms with Gasteiger partial charge in [-0.1, -0.05) is 31.5 Å². The Morgan fingerprint density at radius 3 is 2.50 bits per heavy atom. The lowest BCUT2D eigenvalue weighted by atomic mass is 9.84. The maximum Gasteiger partial charge on any atom is 0.120 e. The van der Waals surface area contributed by atoms with E-state index in [2.05, 4.69) is 19.2 Å². The highest BCUT2D eigenvalue weighted by molar-refractivity contribution is 5.34. The quantitative estimate of drug-likeness (QED) is 0.842. The van der Waals surface area contributed by atoms with Crippen LogP contribution in [0.25, 0.3) is 0 Å². The summed E-state index contributed by atoms with van der Waals surface area (Å²) >= 11 is 0. The SMILES string of the molecule is CCC1CCC(NC(C)c2ccccc2O)CC1. The molecule has 0 saturated heterocycles. The largest absolute Gasteiger partial charge is 0.508 e. The highest BCUT2D eigenvalue weighted by Gasteiger charge is 2.22. The smallest absolute Gasteiger partial charge is 0.120 e. The summed E-state index contributed by atoms with van der Waals surface area (Å²) in [5.74, 6) is 1.34. The Hall–Kier alpha value is -1.02. The number of hydrogen-bond acceptors (Lipinski definition) is 2. The second kappa shape index (κ2) is 6.24. The molecule has 0 amide bonds. The molecule has 1 aromatic rings. The molecule has 0 aliphatic heterocycles. The lowest BCUT2D eigenvalue weighted by molar-refractivity contribution is 0.272. The van der Waals surface area contributed by atoms with Crippen molar-refractivity contribution in [2.75, 3.05) is 0 Å². The molecule has 0 radical (unpaired) electrons. The molecular formula is C16H25NO. The summed E-state index contributed by atoms with van der Waals surface area (Å²) in [5, 5.41) is 13.5. The maximum atomic E-state index is 9.85. The third-order valence-electron chi connectivity index (χ3n) is 4.31. The van der Waals surface area contributed by atoms with Crippen LogP contribution >= 0.6 is 0 Å². The standard InChI is InChI=1S/C16H25NO/c1-3-13-8-10-14(11-9-13)17-12(2)15-6-4-5-7-16(15)18/h4-7,12-14,17-18H,3,8-11H2,1-2H3. The summed E-state index contributed by atoms with van der Waals surface area (Å²) < 4.78 is 0. The average molecular weight is 247 g/mol. The molecule has 1 aliphatic rings. The van der Waals surface area contributed by atoms with E-state index in [4.69, 9.17) is 0 Å². The first-order valence-electron chi connectivity index (χ1n) is 7.24. The second-order valence-corrected chi connectivity index (χ2v) is 5.57. The Labute approximate surface area is 110 Å². The summed E-state index contributed by atoms with van der Waals surface area (Å²) in [4.78, 5) is 0. The molecule has 1 saturated carbocycles. The molecule has 2 heteroatoms. The molecule has 1 atom stereocenters. The Bertz CT molecular complexity index is 369. The van der Waals surface area contributed by atoms with Gasteiger partial charge in [0.25, 0.3) is 0 Å². The monoisotopic (exact) mass is 247 g/mol. The fourth-order valence-corrected chi connectivity index (χ4v) is 3.03. The van der Waals surface area contributed by atoms with Crippen LogP contribution in [0.5, 0.6) is 5.75 Å². The fourth-order valence-electron chi connectivity index (χ4n) is 3.03. The number of hydrogen-bond donors (Lipinski definition) is 2. The van der Waals surface area contributed by atoms with Crippen LogP contribution in [0.1, 0.15) is 57.6 Å². The van der Waals surface area contributed by atoms with Crippen molar-refractivity contribution in [1.29, 1.82) is 0 Å². The van der Waals surface area contributed by atoms with Gasteiger partial charge >= 0.3 is 0 Å². The molecular weight excluding hydrogens is 222 g/mol. The van der Waals surface area contributed by atoms with Crippen molar-refractivity contribution >= 4 is 0 Å². The van der Waals surface area contributed by atoms with Gasteiger partial charge in [0.1, 0.15) is 5.75 Å². The van der Waals surface area contributed by atoms with Gasteiger partial charge < -0.3 is 10.4 Å². The topological polar surface area (TPSA) is 32.3 Å². The van der Waals surface area contributed by atoms with Gasteiger partial charge in [-0.2, -0.15) is 0 Å². The Balaban J connectivity index is 1.89. The predicted octanol–water partition coefficient (Wildman–Crippen LogP) is 4.01. The van der Waals surface area contributed by atoms with Gasteiger partial charge in [-0.25, -0.2) is 0 Å². The average Bonchev–Trinajstić information content (AvgIpc) is 2.40. The van der Waals surface area contributed by atoms with Gasteiger partial charge in [0, 0.05) is 17.6 Å². The first kappa shape index (κ1) is 13.4. The summed E-state index contributed by atoms with van der Waals surface area (Å²) in [6, 6.07) is 8.47. The van der Waals surface area contributed by atoms with E-state index in [1.165, 1.54) is 32.1 Å². The van der Waals surface area contributed by atoms with Gasteiger partial charge in [0.15, 0.2) is 0 Å².